The van der Waals surface area contributed by atoms with Crippen LogP contribution in [-0.2, 0) is 11.3 Å². The van der Waals surface area contributed by atoms with Crippen LogP contribution >= 0.6 is 27.5 Å². The maximum Gasteiger partial charge on any atom is 0.250 e. The van der Waals surface area contributed by atoms with E-state index in [-0.39, 0.29) is 5.91 Å². The Morgan fingerprint density at radius 3 is 2.84 bits per heavy atom. The molecular weight excluding hydrogens is 406 g/mol. The highest BCUT2D eigenvalue weighted by atomic mass is 79.9. The standard InChI is InChI=1S/C17H17BrClN5O/c1-11-15(18)10-24(21-11)12(2)17(25)20-16-6-7-23(22-16)9-13-4-3-5-14(19)8-13/h3-8,10,12H,9H2,1-2H3,(H,20,22,25). The van der Waals surface area contributed by atoms with Crippen LogP contribution in [0.5, 0.6) is 0 Å². The summed E-state index contributed by atoms with van der Waals surface area (Å²) < 4.78 is 4.25. The Kier molecular flexibility index (Phi) is 5.24. The fourth-order valence-electron chi connectivity index (χ4n) is 2.35. The third-order valence-corrected chi connectivity index (χ3v) is 4.77. The fourth-order valence-corrected chi connectivity index (χ4v) is 2.85. The molecule has 0 bridgehead atoms. The van der Waals surface area contributed by atoms with Crippen molar-refractivity contribution < 1.29 is 4.79 Å². The number of benzene rings is 1. The summed E-state index contributed by atoms with van der Waals surface area (Å²) in [5.74, 6) is 0.324. The van der Waals surface area contributed by atoms with Gasteiger partial charge in [-0.1, -0.05) is 23.7 Å². The summed E-state index contributed by atoms with van der Waals surface area (Å²) in [6, 6.07) is 8.92. The van der Waals surface area contributed by atoms with Crippen molar-refractivity contribution in [1.82, 2.24) is 19.6 Å². The normalized spacial score (nSPS) is 12.2. The predicted octanol–water partition coefficient (Wildman–Crippen LogP) is 4.05. The van der Waals surface area contributed by atoms with E-state index in [0.717, 1.165) is 15.7 Å². The average molecular weight is 423 g/mol. The summed E-state index contributed by atoms with van der Waals surface area (Å²) >= 11 is 9.39. The van der Waals surface area contributed by atoms with Crippen molar-refractivity contribution in [3.05, 3.63) is 63.5 Å². The van der Waals surface area contributed by atoms with Gasteiger partial charge in [0.25, 0.3) is 0 Å². The maximum absolute atomic E-state index is 12.4. The summed E-state index contributed by atoms with van der Waals surface area (Å²) in [4.78, 5) is 12.4. The van der Waals surface area contributed by atoms with E-state index >= 15 is 0 Å². The van der Waals surface area contributed by atoms with Crippen molar-refractivity contribution in [3.63, 3.8) is 0 Å². The molecule has 1 aromatic carbocycles. The third kappa shape index (κ3) is 4.29. The van der Waals surface area contributed by atoms with E-state index in [1.54, 1.807) is 28.6 Å². The summed E-state index contributed by atoms with van der Waals surface area (Å²) in [7, 11) is 0. The lowest BCUT2D eigenvalue weighted by Crippen LogP contribution is -2.24. The van der Waals surface area contributed by atoms with Gasteiger partial charge in [-0.2, -0.15) is 10.2 Å². The molecule has 0 aliphatic carbocycles. The van der Waals surface area contributed by atoms with Crippen LogP contribution in [0.4, 0.5) is 5.82 Å². The molecule has 0 spiro atoms. The van der Waals surface area contributed by atoms with E-state index < -0.39 is 6.04 Å². The van der Waals surface area contributed by atoms with Crippen molar-refractivity contribution in [1.29, 1.82) is 0 Å². The van der Waals surface area contributed by atoms with Crippen molar-refractivity contribution in [3.8, 4) is 0 Å². The van der Waals surface area contributed by atoms with Crippen LogP contribution in [0.15, 0.2) is 47.2 Å². The Balaban J connectivity index is 1.65. The molecule has 0 aliphatic rings. The number of hydrogen-bond donors (Lipinski definition) is 1. The van der Waals surface area contributed by atoms with Crippen LogP contribution in [0.25, 0.3) is 0 Å². The lowest BCUT2D eigenvalue weighted by Gasteiger charge is -2.11. The molecule has 6 nitrogen and oxygen atoms in total. The lowest BCUT2D eigenvalue weighted by atomic mass is 10.2. The van der Waals surface area contributed by atoms with Gasteiger partial charge in [0.1, 0.15) is 6.04 Å². The zero-order valence-electron chi connectivity index (χ0n) is 13.8. The van der Waals surface area contributed by atoms with Gasteiger partial charge in [0.2, 0.25) is 5.91 Å². The van der Waals surface area contributed by atoms with Gasteiger partial charge in [-0.25, -0.2) is 0 Å². The zero-order chi connectivity index (χ0) is 18.0. The quantitative estimate of drug-likeness (QED) is 0.674. The summed E-state index contributed by atoms with van der Waals surface area (Å²) in [6.07, 6.45) is 3.60. The molecule has 0 saturated carbocycles. The van der Waals surface area contributed by atoms with Gasteiger partial charge in [-0.05, 0) is 47.5 Å². The predicted molar refractivity (Wildman–Crippen MR) is 101 cm³/mol. The zero-order valence-corrected chi connectivity index (χ0v) is 16.1. The van der Waals surface area contributed by atoms with Crippen LogP contribution in [0, 0.1) is 6.92 Å². The average Bonchev–Trinajstić information content (AvgIpc) is 3.13. The minimum absolute atomic E-state index is 0.178. The van der Waals surface area contributed by atoms with Gasteiger partial charge in [0.15, 0.2) is 5.82 Å². The summed E-state index contributed by atoms with van der Waals surface area (Å²) in [6.45, 7) is 4.25. The molecule has 130 valence electrons. The molecule has 1 N–H and O–H groups in total. The first kappa shape index (κ1) is 17.7. The number of aryl methyl sites for hydroxylation is 1. The Morgan fingerprint density at radius 1 is 1.36 bits per heavy atom. The highest BCUT2D eigenvalue weighted by Gasteiger charge is 2.18. The van der Waals surface area contributed by atoms with Gasteiger partial charge in [0.05, 0.1) is 16.7 Å². The smallest absolute Gasteiger partial charge is 0.250 e. The van der Waals surface area contributed by atoms with Crippen LogP contribution in [0.2, 0.25) is 5.02 Å². The topological polar surface area (TPSA) is 64.7 Å². The monoisotopic (exact) mass is 421 g/mol. The second-order valence-electron chi connectivity index (χ2n) is 5.74. The van der Waals surface area contributed by atoms with Gasteiger partial charge >= 0.3 is 0 Å². The van der Waals surface area contributed by atoms with E-state index in [9.17, 15) is 4.79 Å². The molecule has 0 radical (unpaired) electrons. The van der Waals surface area contributed by atoms with Crippen LogP contribution in [0.3, 0.4) is 0 Å². The molecule has 0 aliphatic heterocycles. The molecule has 0 saturated heterocycles. The highest BCUT2D eigenvalue weighted by molar-refractivity contribution is 9.10. The largest absolute Gasteiger partial charge is 0.307 e. The molecule has 8 heteroatoms. The van der Waals surface area contributed by atoms with Crippen LogP contribution in [0.1, 0.15) is 24.2 Å². The number of hydrogen-bond acceptors (Lipinski definition) is 3. The molecule has 2 heterocycles. The number of anilines is 1. The Morgan fingerprint density at radius 2 is 2.16 bits per heavy atom. The summed E-state index contributed by atoms with van der Waals surface area (Å²) in [5, 5.41) is 12.2. The third-order valence-electron chi connectivity index (χ3n) is 3.76. The SMILES string of the molecule is Cc1nn(C(C)C(=O)Nc2ccn(Cc3cccc(Cl)c3)n2)cc1Br. The molecular formula is C17H17BrClN5O. The molecule has 3 aromatic rings. The highest BCUT2D eigenvalue weighted by Crippen LogP contribution is 2.18. The van der Waals surface area contributed by atoms with Crippen LogP contribution < -0.4 is 5.32 Å². The second kappa shape index (κ2) is 7.41. The van der Waals surface area contributed by atoms with E-state index in [2.05, 4.69) is 31.4 Å². The van der Waals surface area contributed by atoms with Gasteiger partial charge < -0.3 is 5.32 Å². The van der Waals surface area contributed by atoms with E-state index in [1.165, 1.54) is 0 Å². The maximum atomic E-state index is 12.4. The van der Waals surface area contributed by atoms with Crippen molar-refractivity contribution in [2.24, 2.45) is 0 Å². The molecule has 1 amide bonds. The first-order valence-corrected chi connectivity index (χ1v) is 8.89. The summed E-state index contributed by atoms with van der Waals surface area (Å²) in [5.41, 5.74) is 1.88. The number of aromatic nitrogens is 4. The molecule has 0 fully saturated rings. The Labute approximate surface area is 158 Å². The van der Waals surface area contributed by atoms with Crippen molar-refractivity contribution >= 4 is 39.3 Å². The minimum Gasteiger partial charge on any atom is -0.307 e. The molecule has 1 atom stereocenters. The first-order chi connectivity index (χ1) is 11.9. The second-order valence-corrected chi connectivity index (χ2v) is 7.03. The molecule has 1 unspecified atom stereocenters. The number of rotatable bonds is 5. The number of nitrogens with one attached hydrogen (secondary N) is 1. The van der Waals surface area contributed by atoms with E-state index in [1.807, 2.05) is 37.4 Å². The number of carbonyl (C=O) groups excluding carboxylic acids is 1. The minimum atomic E-state index is -0.442. The number of amides is 1. The first-order valence-electron chi connectivity index (χ1n) is 7.72. The lowest BCUT2D eigenvalue weighted by molar-refractivity contribution is -0.119. The Bertz CT molecular complexity index is 885. The van der Waals surface area contributed by atoms with E-state index in [4.69, 9.17) is 11.6 Å². The fraction of sp³-hybridized carbons (Fsp3) is 0.235. The van der Waals surface area contributed by atoms with Gasteiger partial charge in [-0.15, -0.1) is 0 Å². The molecule has 25 heavy (non-hydrogen) atoms. The number of carbonyl (C=O) groups is 1. The molecule has 2 aromatic heterocycles. The Hall–Kier alpha value is -2.12. The van der Waals surface area contributed by atoms with E-state index in [0.29, 0.717) is 17.4 Å². The van der Waals surface area contributed by atoms with Gasteiger partial charge in [0, 0.05) is 23.5 Å². The molecule has 3 rings (SSSR count). The number of halogens is 2. The number of nitrogens with zero attached hydrogens (tertiary/aromatic N) is 4. The van der Waals surface area contributed by atoms with Crippen molar-refractivity contribution in [2.45, 2.75) is 26.4 Å². The van der Waals surface area contributed by atoms with Crippen LogP contribution in [-0.4, -0.2) is 25.5 Å². The van der Waals surface area contributed by atoms with Crippen molar-refractivity contribution in [2.75, 3.05) is 5.32 Å². The van der Waals surface area contributed by atoms with Gasteiger partial charge in [-0.3, -0.25) is 14.2 Å².